The molecule has 9 heteroatoms. The van der Waals surface area contributed by atoms with Crippen molar-refractivity contribution in [3.8, 4) is 17.4 Å². The van der Waals surface area contributed by atoms with Gasteiger partial charge in [-0.1, -0.05) is 19.1 Å². The van der Waals surface area contributed by atoms with Crippen molar-refractivity contribution in [2.45, 2.75) is 32.9 Å². The van der Waals surface area contributed by atoms with Gasteiger partial charge >= 0.3 is 0 Å². The largest absolute Gasteiger partial charge is 0.472 e. The highest BCUT2D eigenvalue weighted by molar-refractivity contribution is 5.97. The quantitative estimate of drug-likeness (QED) is 0.677. The summed E-state index contributed by atoms with van der Waals surface area (Å²) in [6.45, 7) is 6.28. The van der Waals surface area contributed by atoms with Gasteiger partial charge in [0.25, 0.3) is 11.8 Å². The van der Waals surface area contributed by atoms with E-state index in [9.17, 15) is 14.7 Å². The molecule has 3 heterocycles. The van der Waals surface area contributed by atoms with Gasteiger partial charge in [-0.2, -0.15) is 0 Å². The van der Waals surface area contributed by atoms with Gasteiger partial charge in [0.15, 0.2) is 11.5 Å². The number of ether oxygens (including phenoxy) is 3. The van der Waals surface area contributed by atoms with E-state index >= 15 is 0 Å². The van der Waals surface area contributed by atoms with Crippen LogP contribution in [0, 0.1) is 5.92 Å². The highest BCUT2D eigenvalue weighted by Crippen LogP contribution is 2.33. The van der Waals surface area contributed by atoms with Crippen LogP contribution in [-0.4, -0.2) is 77.4 Å². The molecule has 1 N–H and O–H groups in total. The number of aliphatic hydroxyl groups is 1. The summed E-state index contributed by atoms with van der Waals surface area (Å²) in [5.41, 5.74) is 1.60. The number of aromatic nitrogens is 1. The zero-order chi connectivity index (χ0) is 25.1. The molecule has 0 unspecified atom stereocenters. The molecule has 9 nitrogen and oxygen atoms in total. The number of rotatable bonds is 6. The van der Waals surface area contributed by atoms with Crippen LogP contribution in [0.15, 0.2) is 36.5 Å². The predicted octanol–water partition coefficient (Wildman–Crippen LogP) is 2.84. The number of amides is 2. The lowest BCUT2D eigenvalue weighted by Gasteiger charge is -2.37. The van der Waals surface area contributed by atoms with Gasteiger partial charge in [-0.3, -0.25) is 9.59 Å². The molecule has 0 saturated carbocycles. The third-order valence-corrected chi connectivity index (χ3v) is 6.32. The van der Waals surface area contributed by atoms with E-state index in [0.717, 1.165) is 5.56 Å². The Morgan fingerprint density at radius 3 is 2.83 bits per heavy atom. The zero-order valence-electron chi connectivity index (χ0n) is 20.4. The molecule has 1 aromatic carbocycles. The number of hydrogen-bond donors (Lipinski definition) is 1. The SMILES string of the molecule is C/C=C/c1cnc2c(c1)C(=O)N([C@@H](C)CO)C[C@H](C)[C@@H](CN(C)C(=O)c1ccc3c(c1)OCO3)O2. The van der Waals surface area contributed by atoms with Crippen molar-refractivity contribution in [3.05, 3.63) is 53.2 Å². The normalized spacial score (nSPS) is 20.1. The van der Waals surface area contributed by atoms with E-state index in [4.69, 9.17) is 14.2 Å². The highest BCUT2D eigenvalue weighted by Gasteiger charge is 2.35. The Hall–Kier alpha value is -3.59. The van der Waals surface area contributed by atoms with Crippen molar-refractivity contribution < 1.29 is 28.9 Å². The number of likely N-dealkylation sites (N-methyl/N-ethyl adjacent to an activating group) is 1. The minimum Gasteiger partial charge on any atom is -0.472 e. The van der Waals surface area contributed by atoms with Crippen LogP contribution in [0.1, 0.15) is 47.1 Å². The van der Waals surface area contributed by atoms with Crippen molar-refractivity contribution in [3.63, 3.8) is 0 Å². The molecule has 2 aromatic rings. The average molecular weight is 482 g/mol. The van der Waals surface area contributed by atoms with Crippen LogP contribution in [0.2, 0.25) is 0 Å². The van der Waals surface area contributed by atoms with Crippen molar-refractivity contribution in [1.82, 2.24) is 14.8 Å². The molecule has 0 fully saturated rings. The van der Waals surface area contributed by atoms with Gasteiger partial charge in [0.05, 0.1) is 19.2 Å². The molecule has 1 aromatic heterocycles. The van der Waals surface area contributed by atoms with Crippen molar-refractivity contribution in [2.24, 2.45) is 5.92 Å². The molecule has 0 spiro atoms. The smallest absolute Gasteiger partial charge is 0.259 e. The first-order chi connectivity index (χ1) is 16.8. The lowest BCUT2D eigenvalue weighted by Crippen LogP contribution is -2.50. The standard InChI is InChI=1S/C26H31N3O6/c1-5-6-18-9-20-24(27-11-18)35-23(16(2)12-29(26(20)32)17(3)14-30)13-28(4)25(31)19-7-8-21-22(10-19)34-15-33-21/h5-11,16-17,23,30H,12-15H2,1-4H3/b6-5+/t16-,17-,23+/m0/s1. The molecule has 2 amide bonds. The number of nitrogens with zero attached hydrogens (tertiary/aromatic N) is 3. The monoisotopic (exact) mass is 481 g/mol. The van der Waals surface area contributed by atoms with E-state index in [-0.39, 0.29) is 49.6 Å². The van der Waals surface area contributed by atoms with Crippen LogP contribution >= 0.6 is 0 Å². The molecule has 4 rings (SSSR count). The Kier molecular flexibility index (Phi) is 7.25. The maximum absolute atomic E-state index is 13.4. The maximum atomic E-state index is 13.4. The van der Waals surface area contributed by atoms with Crippen LogP contribution in [0.25, 0.3) is 6.08 Å². The van der Waals surface area contributed by atoms with Crippen molar-refractivity contribution >= 4 is 17.9 Å². The second-order valence-corrected chi connectivity index (χ2v) is 9.00. The third-order valence-electron chi connectivity index (χ3n) is 6.32. The van der Waals surface area contributed by atoms with Crippen LogP contribution in [0.3, 0.4) is 0 Å². The van der Waals surface area contributed by atoms with E-state index in [2.05, 4.69) is 4.98 Å². The summed E-state index contributed by atoms with van der Waals surface area (Å²) in [5.74, 6) is 0.819. The van der Waals surface area contributed by atoms with Gasteiger partial charge in [-0.15, -0.1) is 0 Å². The number of pyridine rings is 1. The fraction of sp³-hybridized carbons (Fsp3) is 0.423. The molecular formula is C26H31N3O6. The molecule has 0 radical (unpaired) electrons. The summed E-state index contributed by atoms with van der Waals surface area (Å²) in [5, 5.41) is 9.79. The Morgan fingerprint density at radius 2 is 2.09 bits per heavy atom. The van der Waals surface area contributed by atoms with Gasteiger partial charge in [0.2, 0.25) is 12.7 Å². The van der Waals surface area contributed by atoms with E-state index in [0.29, 0.717) is 29.2 Å². The predicted molar refractivity (Wildman–Crippen MR) is 130 cm³/mol. The molecule has 186 valence electrons. The average Bonchev–Trinajstić information content (AvgIpc) is 3.33. The summed E-state index contributed by atoms with van der Waals surface area (Å²) in [4.78, 5) is 34.2. The second-order valence-electron chi connectivity index (χ2n) is 9.00. The van der Waals surface area contributed by atoms with E-state index < -0.39 is 6.10 Å². The first-order valence-electron chi connectivity index (χ1n) is 11.7. The molecule has 0 saturated heterocycles. The van der Waals surface area contributed by atoms with Gasteiger partial charge in [0, 0.05) is 31.3 Å². The summed E-state index contributed by atoms with van der Waals surface area (Å²) in [6, 6.07) is 6.47. The number of allylic oxidation sites excluding steroid dienone is 1. The molecule has 2 aliphatic heterocycles. The lowest BCUT2D eigenvalue weighted by molar-refractivity contribution is 0.0313. The van der Waals surface area contributed by atoms with Gasteiger partial charge in [-0.05, 0) is 43.7 Å². The minimum absolute atomic E-state index is 0.134. The number of benzene rings is 1. The number of aliphatic hydroxyl groups excluding tert-OH is 1. The fourth-order valence-corrected chi connectivity index (χ4v) is 4.22. The van der Waals surface area contributed by atoms with E-state index in [1.807, 2.05) is 26.0 Å². The summed E-state index contributed by atoms with van der Waals surface area (Å²) < 4.78 is 17.0. The first-order valence-corrected chi connectivity index (χ1v) is 11.7. The maximum Gasteiger partial charge on any atom is 0.259 e. The molecule has 35 heavy (non-hydrogen) atoms. The van der Waals surface area contributed by atoms with E-state index in [1.165, 1.54) is 0 Å². The van der Waals surface area contributed by atoms with Gasteiger partial charge in [0.1, 0.15) is 11.7 Å². The molecule has 0 aliphatic carbocycles. The minimum atomic E-state index is -0.432. The Labute approximate surface area is 204 Å². The number of fused-ring (bicyclic) bond motifs is 2. The Bertz CT molecular complexity index is 1130. The van der Waals surface area contributed by atoms with E-state index in [1.54, 1.807) is 54.2 Å². The molecule has 0 bridgehead atoms. The lowest BCUT2D eigenvalue weighted by atomic mass is 9.99. The van der Waals surface area contributed by atoms with Crippen molar-refractivity contribution in [2.75, 3.05) is 33.5 Å². The second kappa shape index (κ2) is 10.4. The summed E-state index contributed by atoms with van der Waals surface area (Å²) in [7, 11) is 1.71. The number of carbonyl (C=O) groups is 2. The number of carbonyl (C=O) groups excluding carboxylic acids is 2. The third kappa shape index (κ3) is 5.09. The number of hydrogen-bond acceptors (Lipinski definition) is 7. The highest BCUT2D eigenvalue weighted by atomic mass is 16.7. The summed E-state index contributed by atoms with van der Waals surface area (Å²) in [6.07, 6.45) is 4.94. The topological polar surface area (TPSA) is 101 Å². The van der Waals surface area contributed by atoms with Crippen molar-refractivity contribution in [1.29, 1.82) is 0 Å². The summed E-state index contributed by atoms with van der Waals surface area (Å²) >= 11 is 0. The van der Waals surface area contributed by atoms with Crippen LogP contribution < -0.4 is 14.2 Å². The molecule has 3 atom stereocenters. The first kappa shape index (κ1) is 24.5. The van der Waals surface area contributed by atoms with Crippen LogP contribution in [-0.2, 0) is 0 Å². The van der Waals surface area contributed by atoms with Crippen LogP contribution in [0.5, 0.6) is 17.4 Å². The van der Waals surface area contributed by atoms with Crippen LogP contribution in [0.4, 0.5) is 0 Å². The Morgan fingerprint density at radius 1 is 1.31 bits per heavy atom. The fourth-order valence-electron chi connectivity index (χ4n) is 4.22. The molecular weight excluding hydrogens is 450 g/mol. The zero-order valence-corrected chi connectivity index (χ0v) is 20.4. The Balaban J connectivity index is 1.61. The molecule has 2 aliphatic rings. The van der Waals surface area contributed by atoms with Gasteiger partial charge in [-0.25, -0.2) is 4.98 Å². The van der Waals surface area contributed by atoms with Gasteiger partial charge < -0.3 is 29.1 Å².